The maximum absolute atomic E-state index is 12.0. The van der Waals surface area contributed by atoms with E-state index >= 15 is 0 Å². The van der Waals surface area contributed by atoms with Crippen molar-refractivity contribution >= 4 is 11.8 Å². The third kappa shape index (κ3) is 2.40. The van der Waals surface area contributed by atoms with Gasteiger partial charge in [0.15, 0.2) is 5.78 Å². The molecular weight excluding hydrogens is 204 g/mol. The molecule has 0 saturated carbocycles. The number of carboxylic acid groups (broad SMARTS) is 1. The largest absolute Gasteiger partial charge is 0.481 e. The summed E-state index contributed by atoms with van der Waals surface area (Å²) in [6, 6.07) is 0. The molecule has 2 unspecified atom stereocenters. The molecule has 0 amide bonds. The molecule has 0 aliphatic heterocycles. The first-order valence-corrected chi connectivity index (χ1v) is 5.39. The molecule has 0 bridgehead atoms. The van der Waals surface area contributed by atoms with Gasteiger partial charge in [0.25, 0.3) is 0 Å². The fourth-order valence-electron chi connectivity index (χ4n) is 1.93. The highest BCUT2D eigenvalue weighted by Crippen LogP contribution is 2.36. The summed E-state index contributed by atoms with van der Waals surface area (Å²) in [7, 11) is 0. The van der Waals surface area contributed by atoms with Crippen molar-refractivity contribution in [2.75, 3.05) is 0 Å². The van der Waals surface area contributed by atoms with Crippen LogP contribution in [-0.4, -0.2) is 16.9 Å². The Morgan fingerprint density at radius 3 is 2.50 bits per heavy atom. The van der Waals surface area contributed by atoms with Gasteiger partial charge in [0.05, 0.1) is 0 Å². The number of carbonyl (C=O) groups excluding carboxylic acids is 1. The van der Waals surface area contributed by atoms with Crippen molar-refractivity contribution in [3.05, 3.63) is 24.3 Å². The Morgan fingerprint density at radius 1 is 1.56 bits per heavy atom. The molecule has 3 nitrogen and oxygen atoms in total. The first-order chi connectivity index (χ1) is 7.27. The lowest BCUT2D eigenvalue weighted by Gasteiger charge is -2.30. The molecule has 0 fully saturated rings. The summed E-state index contributed by atoms with van der Waals surface area (Å²) in [4.78, 5) is 23.0. The Balaban J connectivity index is 3.15. The van der Waals surface area contributed by atoms with Crippen molar-refractivity contribution in [2.45, 2.75) is 27.2 Å². The molecule has 0 aromatic heterocycles. The summed E-state index contributed by atoms with van der Waals surface area (Å²) in [5.74, 6) is -2.22. The SMILES string of the molecule is C=CC1C=C(C(C)(C)C)C(=O)C(C(=O)O)C1. The quantitative estimate of drug-likeness (QED) is 0.576. The summed E-state index contributed by atoms with van der Waals surface area (Å²) >= 11 is 0. The molecule has 0 spiro atoms. The topological polar surface area (TPSA) is 54.4 Å². The first kappa shape index (κ1) is 12.7. The lowest BCUT2D eigenvalue weighted by molar-refractivity contribution is -0.146. The summed E-state index contributed by atoms with van der Waals surface area (Å²) in [6.45, 7) is 9.42. The molecule has 3 heteroatoms. The minimum absolute atomic E-state index is 0.0203. The van der Waals surface area contributed by atoms with E-state index in [1.54, 1.807) is 6.08 Å². The van der Waals surface area contributed by atoms with Gasteiger partial charge in [-0.3, -0.25) is 9.59 Å². The number of ketones is 1. The standard InChI is InChI=1S/C13H18O3/c1-5-8-6-9(12(15)16)11(14)10(7-8)13(2,3)4/h5,7-9H,1,6H2,2-4H3,(H,15,16). The zero-order valence-corrected chi connectivity index (χ0v) is 9.99. The second kappa shape index (κ2) is 4.24. The van der Waals surface area contributed by atoms with Crippen molar-refractivity contribution in [3.8, 4) is 0 Å². The van der Waals surface area contributed by atoms with E-state index < -0.39 is 11.9 Å². The predicted octanol–water partition coefficient (Wildman–Crippen LogP) is 2.43. The highest BCUT2D eigenvalue weighted by molar-refractivity contribution is 6.09. The summed E-state index contributed by atoms with van der Waals surface area (Å²) in [6.07, 6.45) is 3.89. The van der Waals surface area contributed by atoms with E-state index in [9.17, 15) is 9.59 Å². The zero-order chi connectivity index (χ0) is 12.5. The van der Waals surface area contributed by atoms with Crippen molar-refractivity contribution in [1.29, 1.82) is 0 Å². The minimum atomic E-state index is -1.04. The van der Waals surface area contributed by atoms with Crippen LogP contribution in [-0.2, 0) is 9.59 Å². The monoisotopic (exact) mass is 222 g/mol. The molecular formula is C13H18O3. The maximum Gasteiger partial charge on any atom is 0.314 e. The van der Waals surface area contributed by atoms with Crippen LogP contribution in [0.2, 0.25) is 0 Å². The van der Waals surface area contributed by atoms with Crippen LogP contribution in [0, 0.1) is 17.3 Å². The number of allylic oxidation sites excluding steroid dienone is 3. The van der Waals surface area contributed by atoms with E-state index in [0.717, 1.165) is 0 Å². The molecule has 0 aromatic carbocycles. The average molecular weight is 222 g/mol. The van der Waals surface area contributed by atoms with Crippen LogP contribution in [0.25, 0.3) is 0 Å². The Kier molecular flexibility index (Phi) is 3.36. The van der Waals surface area contributed by atoms with Crippen LogP contribution < -0.4 is 0 Å². The molecule has 2 atom stereocenters. The minimum Gasteiger partial charge on any atom is -0.481 e. The maximum atomic E-state index is 12.0. The zero-order valence-electron chi connectivity index (χ0n) is 9.99. The molecule has 0 heterocycles. The third-order valence-electron chi connectivity index (χ3n) is 2.88. The second-order valence-corrected chi connectivity index (χ2v) is 5.22. The Bertz CT molecular complexity index is 358. The van der Waals surface area contributed by atoms with Crippen molar-refractivity contribution in [3.63, 3.8) is 0 Å². The molecule has 0 aromatic rings. The van der Waals surface area contributed by atoms with E-state index in [2.05, 4.69) is 6.58 Å². The number of hydrogen-bond donors (Lipinski definition) is 1. The van der Waals surface area contributed by atoms with Crippen molar-refractivity contribution in [2.24, 2.45) is 17.3 Å². The van der Waals surface area contributed by atoms with Gasteiger partial charge in [-0.2, -0.15) is 0 Å². The predicted molar refractivity (Wildman–Crippen MR) is 62.0 cm³/mol. The highest BCUT2D eigenvalue weighted by atomic mass is 16.4. The lowest BCUT2D eigenvalue weighted by Crippen LogP contribution is -2.34. The number of rotatable bonds is 2. The number of carboxylic acids is 1. The van der Waals surface area contributed by atoms with Gasteiger partial charge in [-0.05, 0) is 23.3 Å². The van der Waals surface area contributed by atoms with E-state index in [0.29, 0.717) is 12.0 Å². The van der Waals surface area contributed by atoms with E-state index in [1.807, 2.05) is 26.8 Å². The van der Waals surface area contributed by atoms with Gasteiger partial charge < -0.3 is 5.11 Å². The van der Waals surface area contributed by atoms with E-state index in [1.165, 1.54) is 0 Å². The second-order valence-electron chi connectivity index (χ2n) is 5.22. The Labute approximate surface area is 95.9 Å². The fraction of sp³-hybridized carbons (Fsp3) is 0.538. The summed E-state index contributed by atoms with van der Waals surface area (Å²) < 4.78 is 0. The highest BCUT2D eigenvalue weighted by Gasteiger charge is 2.38. The van der Waals surface area contributed by atoms with Crippen molar-refractivity contribution in [1.82, 2.24) is 0 Å². The van der Waals surface area contributed by atoms with E-state index in [4.69, 9.17) is 5.11 Å². The molecule has 0 radical (unpaired) electrons. The van der Waals surface area contributed by atoms with Gasteiger partial charge in [0.1, 0.15) is 5.92 Å². The van der Waals surface area contributed by atoms with Crippen LogP contribution in [0.5, 0.6) is 0 Å². The van der Waals surface area contributed by atoms with Gasteiger partial charge in [-0.15, -0.1) is 6.58 Å². The molecule has 0 saturated heterocycles. The van der Waals surface area contributed by atoms with Crippen molar-refractivity contribution < 1.29 is 14.7 Å². The molecule has 1 aliphatic carbocycles. The number of carbonyl (C=O) groups is 2. The molecule has 1 N–H and O–H groups in total. The van der Waals surface area contributed by atoms with Crippen LogP contribution in [0.15, 0.2) is 24.3 Å². The van der Waals surface area contributed by atoms with Crippen LogP contribution >= 0.6 is 0 Å². The normalized spacial score (nSPS) is 26.2. The smallest absolute Gasteiger partial charge is 0.314 e. The molecule has 1 rings (SSSR count). The van der Waals surface area contributed by atoms with Crippen LogP contribution in [0.1, 0.15) is 27.2 Å². The van der Waals surface area contributed by atoms with Gasteiger partial charge in [-0.25, -0.2) is 0 Å². The number of aliphatic carboxylic acids is 1. The first-order valence-electron chi connectivity index (χ1n) is 5.39. The molecule has 16 heavy (non-hydrogen) atoms. The Morgan fingerprint density at radius 2 is 2.12 bits per heavy atom. The number of hydrogen-bond acceptors (Lipinski definition) is 2. The third-order valence-corrected chi connectivity index (χ3v) is 2.88. The average Bonchev–Trinajstić information content (AvgIpc) is 2.15. The van der Waals surface area contributed by atoms with Crippen LogP contribution in [0.4, 0.5) is 0 Å². The van der Waals surface area contributed by atoms with E-state index in [-0.39, 0.29) is 17.1 Å². The fourth-order valence-corrected chi connectivity index (χ4v) is 1.93. The molecule has 1 aliphatic rings. The van der Waals surface area contributed by atoms with Gasteiger partial charge in [-0.1, -0.05) is 32.9 Å². The number of Topliss-reactive ketones (excluding diaryl/α,β-unsaturated/α-hetero) is 1. The van der Waals surface area contributed by atoms with Gasteiger partial charge in [0, 0.05) is 0 Å². The Hall–Kier alpha value is -1.38. The lowest BCUT2D eigenvalue weighted by atomic mass is 9.72. The van der Waals surface area contributed by atoms with Gasteiger partial charge in [0.2, 0.25) is 0 Å². The molecule has 88 valence electrons. The van der Waals surface area contributed by atoms with Crippen LogP contribution in [0.3, 0.4) is 0 Å². The summed E-state index contributed by atoms with van der Waals surface area (Å²) in [5.41, 5.74) is 0.294. The summed E-state index contributed by atoms with van der Waals surface area (Å²) in [5, 5.41) is 9.02. The van der Waals surface area contributed by atoms with Gasteiger partial charge >= 0.3 is 5.97 Å².